The number of hydrogen-bond acceptors (Lipinski definition) is 5. The van der Waals surface area contributed by atoms with Crippen molar-refractivity contribution < 1.29 is 4.79 Å². The molecule has 0 unspecified atom stereocenters. The summed E-state index contributed by atoms with van der Waals surface area (Å²) >= 11 is 1.34. The third-order valence-electron chi connectivity index (χ3n) is 4.26. The van der Waals surface area contributed by atoms with Gasteiger partial charge < -0.3 is 4.98 Å². The van der Waals surface area contributed by atoms with Crippen LogP contribution in [0.4, 0.5) is 0 Å². The Morgan fingerprint density at radius 1 is 1.19 bits per heavy atom. The molecule has 0 aliphatic heterocycles. The van der Waals surface area contributed by atoms with Crippen molar-refractivity contribution in [2.75, 3.05) is 5.75 Å². The molecule has 0 saturated heterocycles. The highest BCUT2D eigenvalue weighted by Gasteiger charge is 2.16. The van der Waals surface area contributed by atoms with E-state index in [0.29, 0.717) is 10.7 Å². The van der Waals surface area contributed by atoms with Gasteiger partial charge in [0.1, 0.15) is 0 Å². The maximum atomic E-state index is 12.7. The minimum Gasteiger partial charge on any atom is -0.360 e. The second-order valence-electron chi connectivity index (χ2n) is 6.12. The highest BCUT2D eigenvalue weighted by atomic mass is 32.2. The SMILES string of the molecule is Cc1ccc(C)c(-n2nnnc2SCC(=O)c2c[nH]c3ccccc23)c1. The van der Waals surface area contributed by atoms with Crippen LogP contribution in [0.2, 0.25) is 0 Å². The van der Waals surface area contributed by atoms with Gasteiger partial charge in [-0.1, -0.05) is 42.1 Å². The second kappa shape index (κ2) is 6.76. The summed E-state index contributed by atoms with van der Waals surface area (Å²) in [7, 11) is 0. The number of nitrogens with one attached hydrogen (secondary N) is 1. The fourth-order valence-electron chi connectivity index (χ4n) is 2.88. The molecule has 0 saturated carbocycles. The predicted molar refractivity (Wildman–Crippen MR) is 102 cm³/mol. The summed E-state index contributed by atoms with van der Waals surface area (Å²) in [5.41, 5.74) is 4.79. The number of rotatable bonds is 5. The number of carbonyl (C=O) groups excluding carboxylic acids is 1. The van der Waals surface area contributed by atoms with Crippen molar-refractivity contribution in [1.82, 2.24) is 25.2 Å². The average Bonchev–Trinajstić information content (AvgIpc) is 3.28. The molecule has 0 aliphatic rings. The molecule has 0 atom stereocenters. The quantitative estimate of drug-likeness (QED) is 0.432. The van der Waals surface area contributed by atoms with Crippen molar-refractivity contribution in [3.05, 3.63) is 65.4 Å². The Morgan fingerprint density at radius 2 is 2.04 bits per heavy atom. The van der Waals surface area contributed by atoms with Crippen LogP contribution in [0.25, 0.3) is 16.6 Å². The minimum absolute atomic E-state index is 0.0444. The molecule has 0 spiro atoms. The third kappa shape index (κ3) is 3.01. The van der Waals surface area contributed by atoms with Crippen molar-refractivity contribution in [2.24, 2.45) is 0 Å². The van der Waals surface area contributed by atoms with Gasteiger partial charge in [-0.2, -0.15) is 4.68 Å². The Hall–Kier alpha value is -2.93. The van der Waals surface area contributed by atoms with E-state index < -0.39 is 0 Å². The van der Waals surface area contributed by atoms with Crippen molar-refractivity contribution in [3.63, 3.8) is 0 Å². The lowest BCUT2D eigenvalue weighted by atomic mass is 10.1. The number of H-pyrrole nitrogens is 1. The molecule has 4 aromatic rings. The number of nitrogens with zero attached hydrogens (tertiary/aromatic N) is 4. The first kappa shape index (κ1) is 16.5. The van der Waals surface area contributed by atoms with Gasteiger partial charge in [0, 0.05) is 22.7 Å². The van der Waals surface area contributed by atoms with E-state index in [1.54, 1.807) is 10.9 Å². The number of Topliss-reactive ketones (excluding diaryl/α,β-unsaturated/α-hetero) is 1. The highest BCUT2D eigenvalue weighted by molar-refractivity contribution is 7.99. The Kier molecular flexibility index (Phi) is 4.30. The molecule has 6 nitrogen and oxygen atoms in total. The number of fused-ring (bicyclic) bond motifs is 1. The monoisotopic (exact) mass is 363 g/mol. The third-order valence-corrected chi connectivity index (χ3v) is 5.18. The summed E-state index contributed by atoms with van der Waals surface area (Å²) in [6, 6.07) is 13.9. The van der Waals surface area contributed by atoms with Gasteiger partial charge >= 0.3 is 0 Å². The molecule has 7 heteroatoms. The molecule has 0 aliphatic carbocycles. The van der Waals surface area contributed by atoms with E-state index in [2.05, 4.69) is 26.6 Å². The smallest absolute Gasteiger partial charge is 0.214 e. The van der Waals surface area contributed by atoms with Crippen LogP contribution in [0.3, 0.4) is 0 Å². The molecule has 0 bridgehead atoms. The number of aromatic amines is 1. The summed E-state index contributed by atoms with van der Waals surface area (Å²) in [5, 5.41) is 13.5. The molecular formula is C19H17N5OS. The minimum atomic E-state index is 0.0444. The topological polar surface area (TPSA) is 76.5 Å². The van der Waals surface area contributed by atoms with Crippen molar-refractivity contribution in [1.29, 1.82) is 0 Å². The van der Waals surface area contributed by atoms with Crippen LogP contribution >= 0.6 is 11.8 Å². The van der Waals surface area contributed by atoms with Gasteiger partial charge in [-0.3, -0.25) is 4.79 Å². The predicted octanol–water partition coefficient (Wildman–Crippen LogP) is 3.74. The highest BCUT2D eigenvalue weighted by Crippen LogP contribution is 2.24. The van der Waals surface area contributed by atoms with Crippen molar-refractivity contribution in [2.45, 2.75) is 19.0 Å². The summed E-state index contributed by atoms with van der Waals surface area (Å²) < 4.78 is 1.69. The van der Waals surface area contributed by atoms with Crippen LogP contribution in [-0.2, 0) is 0 Å². The maximum absolute atomic E-state index is 12.7. The van der Waals surface area contributed by atoms with Crippen molar-refractivity contribution >= 4 is 28.4 Å². The molecule has 4 rings (SSSR count). The van der Waals surface area contributed by atoms with Crippen LogP contribution in [0.15, 0.2) is 53.8 Å². The molecule has 2 aromatic heterocycles. The van der Waals surface area contributed by atoms with E-state index in [0.717, 1.165) is 27.7 Å². The Labute approximate surface area is 154 Å². The van der Waals surface area contributed by atoms with Crippen LogP contribution in [0, 0.1) is 13.8 Å². The lowest BCUT2D eigenvalue weighted by molar-refractivity contribution is 0.102. The van der Waals surface area contributed by atoms with E-state index in [-0.39, 0.29) is 11.5 Å². The molecule has 26 heavy (non-hydrogen) atoms. The maximum Gasteiger partial charge on any atom is 0.214 e. The summed E-state index contributed by atoms with van der Waals surface area (Å²) in [4.78, 5) is 15.8. The number of thioether (sulfide) groups is 1. The number of aromatic nitrogens is 5. The Bertz CT molecular complexity index is 1100. The largest absolute Gasteiger partial charge is 0.360 e. The van der Waals surface area contributed by atoms with Crippen molar-refractivity contribution in [3.8, 4) is 5.69 Å². The second-order valence-corrected chi connectivity index (χ2v) is 7.07. The molecule has 1 N–H and O–H groups in total. The van der Waals surface area contributed by atoms with E-state index >= 15 is 0 Å². The summed E-state index contributed by atoms with van der Waals surface area (Å²) in [5.74, 6) is 0.315. The number of carbonyl (C=O) groups is 1. The van der Waals surface area contributed by atoms with Gasteiger partial charge in [-0.25, -0.2) is 0 Å². The van der Waals surface area contributed by atoms with Gasteiger partial charge in [-0.05, 0) is 47.5 Å². The first-order valence-corrected chi connectivity index (χ1v) is 9.20. The number of ketones is 1. The lowest BCUT2D eigenvalue weighted by Gasteiger charge is -2.08. The van der Waals surface area contributed by atoms with Gasteiger partial charge in [0.2, 0.25) is 5.16 Å². The molecule has 0 radical (unpaired) electrons. The van der Waals surface area contributed by atoms with Gasteiger partial charge in [0.25, 0.3) is 0 Å². The zero-order chi connectivity index (χ0) is 18.1. The first-order valence-electron chi connectivity index (χ1n) is 8.21. The molecule has 2 aromatic carbocycles. The standard InChI is InChI=1S/C19H17N5OS/c1-12-7-8-13(2)17(9-12)24-19(21-22-23-24)26-11-18(25)15-10-20-16-6-4-3-5-14(15)16/h3-10,20H,11H2,1-2H3. The molecule has 0 fully saturated rings. The van der Waals surface area contributed by atoms with Crippen LogP contribution in [0.5, 0.6) is 0 Å². The summed E-state index contributed by atoms with van der Waals surface area (Å²) in [6.07, 6.45) is 1.77. The molecule has 0 amide bonds. The van der Waals surface area contributed by atoms with E-state index in [1.807, 2.05) is 50.2 Å². The Balaban J connectivity index is 1.57. The molecular weight excluding hydrogens is 346 g/mol. The number of aryl methyl sites for hydroxylation is 2. The Morgan fingerprint density at radius 3 is 2.92 bits per heavy atom. The van der Waals surface area contributed by atoms with E-state index in [9.17, 15) is 4.79 Å². The first-order chi connectivity index (χ1) is 12.6. The molecule has 2 heterocycles. The van der Waals surface area contributed by atoms with Crippen LogP contribution in [0.1, 0.15) is 21.5 Å². The van der Waals surface area contributed by atoms with Gasteiger partial charge in [-0.15, -0.1) is 5.10 Å². The van der Waals surface area contributed by atoms with Crippen LogP contribution in [-0.4, -0.2) is 36.7 Å². The normalized spacial score (nSPS) is 11.2. The lowest BCUT2D eigenvalue weighted by Crippen LogP contribution is -2.05. The zero-order valence-corrected chi connectivity index (χ0v) is 15.2. The zero-order valence-electron chi connectivity index (χ0n) is 14.4. The van der Waals surface area contributed by atoms with Gasteiger partial charge in [0.05, 0.1) is 11.4 Å². The fraction of sp³-hybridized carbons (Fsp3) is 0.158. The number of tetrazole rings is 1. The molecule has 130 valence electrons. The van der Waals surface area contributed by atoms with Crippen LogP contribution < -0.4 is 0 Å². The fourth-order valence-corrected chi connectivity index (χ4v) is 3.64. The average molecular weight is 363 g/mol. The summed E-state index contributed by atoms with van der Waals surface area (Å²) in [6.45, 7) is 4.04. The van der Waals surface area contributed by atoms with E-state index in [1.165, 1.54) is 11.8 Å². The number of para-hydroxylation sites is 1. The number of hydrogen-bond donors (Lipinski definition) is 1. The number of benzene rings is 2. The van der Waals surface area contributed by atoms with E-state index in [4.69, 9.17) is 0 Å². The van der Waals surface area contributed by atoms with Gasteiger partial charge in [0.15, 0.2) is 5.78 Å².